The van der Waals surface area contributed by atoms with Gasteiger partial charge in [0, 0.05) is 83.7 Å². The Bertz CT molecular complexity index is 3470. The predicted molar refractivity (Wildman–Crippen MR) is 347 cm³/mol. The Balaban J connectivity index is 1.35. The van der Waals surface area contributed by atoms with Crippen molar-refractivity contribution in [1.82, 2.24) is 57.5 Å². The number of guanidine groups is 2. The lowest BCUT2D eigenvalue weighted by Gasteiger charge is -2.29. The lowest BCUT2D eigenvalue weighted by Crippen LogP contribution is -2.62. The first kappa shape index (κ1) is 68.0. The van der Waals surface area contributed by atoms with Crippen molar-refractivity contribution < 1.29 is 38.4 Å². The molecule has 1 aliphatic heterocycles. The number of carbonyl (C=O) groups is 8. The van der Waals surface area contributed by atoms with Gasteiger partial charge in [-0.2, -0.15) is 0 Å². The van der Waals surface area contributed by atoms with Gasteiger partial charge in [0.25, 0.3) is 0 Å². The average molecular weight is 1240 g/mol. The quantitative estimate of drug-likeness (QED) is 0.0223. The number of hydrogen-bond donors (Lipinski definition) is 17. The molecule has 0 saturated carbocycles. The van der Waals surface area contributed by atoms with E-state index < -0.39 is 95.6 Å². The topological polar surface area (TPSA) is 461 Å². The Hall–Kier alpha value is -9.50. The van der Waals surface area contributed by atoms with E-state index in [1.54, 1.807) is 18.6 Å². The SMILES string of the molecule is CC(C)C[C@@H]1NC(=O)[C@H](Cc2c[nH]c3ccccc23)NC(=O)[C@H](Cc2c[nH]c3ccccc23)NC(=O)[C@H](CCCN=C(N)N)NC(=O)[C@H](CCCCN)NC(=O)[C@H](CCCCN)NC(=O)[C@H](CCCN=C(N)N)NC(=O)[C@H](Cc2c[nH]c3ccccc23)NC1=O. The van der Waals surface area contributed by atoms with Crippen molar-refractivity contribution >= 4 is 91.9 Å². The van der Waals surface area contributed by atoms with E-state index in [1.165, 1.54) is 0 Å². The summed E-state index contributed by atoms with van der Waals surface area (Å²) >= 11 is 0. The smallest absolute Gasteiger partial charge is 0.243 e. The van der Waals surface area contributed by atoms with Crippen LogP contribution in [0.15, 0.2) is 101 Å². The summed E-state index contributed by atoms with van der Waals surface area (Å²) in [6.07, 6.45) is 6.93. The fraction of sp³-hybridized carbons (Fsp3) is 0.460. The van der Waals surface area contributed by atoms with Crippen molar-refractivity contribution in [3.05, 3.63) is 108 Å². The maximum Gasteiger partial charge on any atom is 0.243 e. The van der Waals surface area contributed by atoms with E-state index in [0.29, 0.717) is 42.4 Å². The molecule has 90 heavy (non-hydrogen) atoms. The molecule has 8 amide bonds. The number of aromatic nitrogens is 3. The molecule has 3 aromatic carbocycles. The van der Waals surface area contributed by atoms with Gasteiger partial charge in [-0.05, 0) is 125 Å². The molecule has 8 atom stereocenters. The van der Waals surface area contributed by atoms with Crippen LogP contribution < -0.4 is 76.9 Å². The monoisotopic (exact) mass is 1240 g/mol. The molecule has 7 rings (SSSR count). The number of rotatable bonds is 24. The first-order valence-electron chi connectivity index (χ1n) is 30.9. The minimum atomic E-state index is -1.41. The molecule has 0 bridgehead atoms. The molecule has 0 unspecified atom stereocenters. The van der Waals surface area contributed by atoms with E-state index in [1.807, 2.05) is 86.6 Å². The predicted octanol–water partition coefficient (Wildman–Crippen LogP) is 0.462. The first-order chi connectivity index (χ1) is 43.3. The summed E-state index contributed by atoms with van der Waals surface area (Å²) < 4.78 is 0. The molecule has 0 spiro atoms. The number of para-hydroxylation sites is 3. The standard InChI is InChI=1S/C63H89N19O8/c1-36(2)29-50-58(87)81-51(30-37-33-72-43-18-6-3-15-40(37)43)59(88)78-48(23-13-27-70-62(66)67)56(85)76-46(21-9-11-25-64)54(83)75-47(22-10-12-26-65)55(84)77-49(24-14-28-71-63(68)69)57(86)80-52(31-38-34-73-44-19-7-4-16-41(38)44)61(90)82-53(60(89)79-50)32-39-35-74-45-20-8-5-17-42(39)45/h3-8,15-20,33-36,46-53,72-74H,9-14,21-32,64-65H2,1-2H3,(H,75,83)(H,76,85)(H,77,84)(H,78,88)(H,79,89)(H,80,86)(H,81,87)(H,82,90)(H4,66,67,70)(H4,68,69,71)/t46-,47-,48-,49-,50-,51-,52-,53-/m0/s1. The van der Waals surface area contributed by atoms with Crippen molar-refractivity contribution in [2.75, 3.05) is 26.2 Å². The Morgan fingerprint density at radius 3 is 0.944 bits per heavy atom. The highest BCUT2D eigenvalue weighted by Crippen LogP contribution is 2.24. The summed E-state index contributed by atoms with van der Waals surface area (Å²) in [6, 6.07) is 11.4. The highest BCUT2D eigenvalue weighted by atomic mass is 16.2. The molecule has 27 heteroatoms. The fourth-order valence-electron chi connectivity index (χ4n) is 11.1. The summed E-state index contributed by atoms with van der Waals surface area (Å²) in [5.74, 6) is -6.74. The van der Waals surface area contributed by atoms with Crippen LogP contribution in [0.25, 0.3) is 32.7 Å². The molecular weight excluding hydrogens is 1150 g/mol. The summed E-state index contributed by atoms with van der Waals surface area (Å²) in [6.45, 7) is 4.37. The number of aliphatic imine (C=N–C) groups is 2. The van der Waals surface area contributed by atoms with Gasteiger partial charge in [-0.1, -0.05) is 68.4 Å². The van der Waals surface area contributed by atoms with Gasteiger partial charge >= 0.3 is 0 Å². The Labute approximate surface area is 522 Å². The minimum absolute atomic E-state index is 0.0474. The Kier molecular flexibility index (Phi) is 25.5. The van der Waals surface area contributed by atoms with Gasteiger partial charge in [0.2, 0.25) is 47.3 Å². The van der Waals surface area contributed by atoms with Gasteiger partial charge in [0.15, 0.2) is 11.9 Å². The Morgan fingerprint density at radius 2 is 0.644 bits per heavy atom. The second-order valence-corrected chi connectivity index (χ2v) is 23.3. The summed E-state index contributed by atoms with van der Waals surface area (Å²) in [5, 5.41) is 25.3. The number of unbranched alkanes of at least 4 members (excludes halogenated alkanes) is 2. The molecule has 23 N–H and O–H groups in total. The molecule has 3 aromatic heterocycles. The molecule has 0 aliphatic carbocycles. The van der Waals surface area contributed by atoms with Crippen LogP contribution in [0.2, 0.25) is 0 Å². The number of aromatic amines is 3. The third-order valence-corrected chi connectivity index (χ3v) is 15.9. The van der Waals surface area contributed by atoms with Gasteiger partial charge in [-0.25, -0.2) is 0 Å². The van der Waals surface area contributed by atoms with Crippen LogP contribution in [0, 0.1) is 5.92 Å². The van der Waals surface area contributed by atoms with Crippen molar-refractivity contribution in [2.24, 2.45) is 50.3 Å². The summed E-state index contributed by atoms with van der Waals surface area (Å²) in [4.78, 5) is 138. The highest BCUT2D eigenvalue weighted by Gasteiger charge is 2.37. The second-order valence-electron chi connectivity index (χ2n) is 23.3. The van der Waals surface area contributed by atoms with Crippen LogP contribution in [0.4, 0.5) is 0 Å². The van der Waals surface area contributed by atoms with E-state index in [2.05, 4.69) is 67.5 Å². The fourth-order valence-corrected chi connectivity index (χ4v) is 11.1. The number of carbonyl (C=O) groups excluding carboxylic acids is 8. The summed E-state index contributed by atoms with van der Waals surface area (Å²) in [5.41, 5.74) is 38.7. The van der Waals surface area contributed by atoms with Crippen molar-refractivity contribution in [2.45, 2.75) is 152 Å². The zero-order valence-electron chi connectivity index (χ0n) is 51.2. The minimum Gasteiger partial charge on any atom is -0.370 e. The number of fused-ring (bicyclic) bond motifs is 3. The number of H-pyrrole nitrogens is 3. The normalized spacial score (nSPS) is 21.3. The van der Waals surface area contributed by atoms with E-state index >= 15 is 24.0 Å². The van der Waals surface area contributed by atoms with E-state index in [-0.39, 0.29) is 108 Å². The van der Waals surface area contributed by atoms with E-state index in [4.69, 9.17) is 34.4 Å². The van der Waals surface area contributed by atoms with Gasteiger partial charge in [0.05, 0.1) is 0 Å². The van der Waals surface area contributed by atoms with Crippen LogP contribution in [-0.2, 0) is 57.6 Å². The number of nitrogens with two attached hydrogens (primary N) is 6. The third-order valence-electron chi connectivity index (χ3n) is 15.9. The lowest BCUT2D eigenvalue weighted by atomic mass is 9.98. The zero-order chi connectivity index (χ0) is 64.7. The van der Waals surface area contributed by atoms with Crippen LogP contribution in [0.3, 0.4) is 0 Å². The second kappa shape index (κ2) is 33.7. The number of nitrogens with zero attached hydrogens (tertiary/aromatic N) is 2. The first-order valence-corrected chi connectivity index (χ1v) is 30.9. The van der Waals surface area contributed by atoms with Crippen LogP contribution in [0.5, 0.6) is 0 Å². The zero-order valence-corrected chi connectivity index (χ0v) is 51.2. The molecule has 1 fully saturated rings. The average Bonchev–Trinajstić information content (AvgIpc) is 2.12. The summed E-state index contributed by atoms with van der Waals surface area (Å²) in [7, 11) is 0. The molecule has 0 radical (unpaired) electrons. The maximum atomic E-state index is 15.4. The number of hydrogen-bond acceptors (Lipinski definition) is 12. The third kappa shape index (κ3) is 19.8. The number of nitrogens with one attached hydrogen (secondary N) is 11. The maximum absolute atomic E-state index is 15.4. The van der Waals surface area contributed by atoms with Crippen LogP contribution in [0.1, 0.15) is 101 Å². The molecule has 1 aliphatic rings. The molecule has 4 heterocycles. The van der Waals surface area contributed by atoms with Gasteiger partial charge in [0.1, 0.15) is 48.3 Å². The molecule has 6 aromatic rings. The van der Waals surface area contributed by atoms with E-state index in [0.717, 1.165) is 32.7 Å². The molecule has 484 valence electrons. The highest BCUT2D eigenvalue weighted by molar-refractivity contribution is 6.00. The largest absolute Gasteiger partial charge is 0.370 e. The van der Waals surface area contributed by atoms with Gasteiger partial charge < -0.3 is 91.9 Å². The van der Waals surface area contributed by atoms with Crippen molar-refractivity contribution in [3.8, 4) is 0 Å². The Morgan fingerprint density at radius 1 is 0.378 bits per heavy atom. The van der Waals surface area contributed by atoms with E-state index in [9.17, 15) is 14.4 Å². The lowest BCUT2D eigenvalue weighted by molar-refractivity contribution is -0.137. The van der Waals surface area contributed by atoms with Crippen LogP contribution in [-0.4, -0.2) is 149 Å². The molecule has 1 saturated heterocycles. The molecular formula is C63H89N19O8. The number of benzene rings is 3. The number of amides is 8. The van der Waals surface area contributed by atoms with Crippen molar-refractivity contribution in [1.29, 1.82) is 0 Å². The van der Waals surface area contributed by atoms with Crippen LogP contribution >= 0.6 is 0 Å². The van der Waals surface area contributed by atoms with Gasteiger partial charge in [-0.15, -0.1) is 0 Å². The molecule has 27 nitrogen and oxygen atoms in total. The van der Waals surface area contributed by atoms with Crippen molar-refractivity contribution in [3.63, 3.8) is 0 Å². The van der Waals surface area contributed by atoms with Gasteiger partial charge in [-0.3, -0.25) is 48.3 Å².